The number of hydrogen-bond donors (Lipinski definition) is 0. The van der Waals surface area contributed by atoms with Gasteiger partial charge in [0, 0.05) is 27.3 Å². The molecule has 0 amide bonds. The Labute approximate surface area is 153 Å². The van der Waals surface area contributed by atoms with Gasteiger partial charge in [-0.2, -0.15) is 22.7 Å². The van der Waals surface area contributed by atoms with E-state index in [0.29, 0.717) is 10.9 Å². The van der Waals surface area contributed by atoms with Crippen LogP contribution in [0.25, 0.3) is 22.5 Å². The molecule has 0 aliphatic heterocycles. The minimum absolute atomic E-state index is 0.176. The van der Waals surface area contributed by atoms with E-state index in [1.807, 2.05) is 49.0 Å². The van der Waals surface area contributed by atoms with Crippen LogP contribution in [0.4, 0.5) is 0 Å². The van der Waals surface area contributed by atoms with Crippen LogP contribution in [-0.2, 0) is 4.79 Å². The van der Waals surface area contributed by atoms with Gasteiger partial charge in [-0.1, -0.05) is 32.5 Å². The summed E-state index contributed by atoms with van der Waals surface area (Å²) in [7, 11) is 0. The summed E-state index contributed by atoms with van der Waals surface area (Å²) in [5.41, 5.74) is 3.29. The standard InChI is InChI=1S/C17H17N3OS3/c1-17(2,3)13(21)10-24-16-18-14(11-4-6-22-8-11)15(19-20-16)12-5-7-23-9-12/h4-9H,10H2,1-3H3. The molecule has 0 bridgehead atoms. The van der Waals surface area contributed by atoms with Gasteiger partial charge in [-0.25, -0.2) is 4.98 Å². The van der Waals surface area contributed by atoms with E-state index >= 15 is 0 Å². The number of ketones is 1. The topological polar surface area (TPSA) is 55.7 Å². The van der Waals surface area contributed by atoms with E-state index in [4.69, 9.17) is 0 Å². The Morgan fingerprint density at radius 1 is 1.04 bits per heavy atom. The summed E-state index contributed by atoms with van der Waals surface area (Å²) in [6.45, 7) is 5.77. The minimum atomic E-state index is -0.354. The molecule has 3 rings (SSSR count). The summed E-state index contributed by atoms with van der Waals surface area (Å²) in [5.74, 6) is 0.529. The molecule has 0 spiro atoms. The highest BCUT2D eigenvalue weighted by Gasteiger charge is 2.22. The predicted octanol–water partition coefficient (Wildman–Crippen LogP) is 5.04. The molecular formula is C17H17N3OS3. The third-order valence-corrected chi connectivity index (χ3v) is 5.63. The number of rotatable bonds is 5. The highest BCUT2D eigenvalue weighted by Crippen LogP contribution is 2.32. The fourth-order valence-corrected chi connectivity index (χ4v) is 4.14. The molecule has 0 atom stereocenters. The summed E-state index contributed by atoms with van der Waals surface area (Å²) in [4.78, 5) is 16.8. The van der Waals surface area contributed by atoms with E-state index in [2.05, 4.69) is 20.6 Å². The summed E-state index contributed by atoms with van der Waals surface area (Å²) in [6.07, 6.45) is 0. The molecule has 3 heterocycles. The summed E-state index contributed by atoms with van der Waals surface area (Å²) in [5, 5.41) is 17.3. The molecule has 0 N–H and O–H groups in total. The fourth-order valence-electron chi connectivity index (χ4n) is 1.91. The van der Waals surface area contributed by atoms with Gasteiger partial charge in [0.2, 0.25) is 5.16 Å². The molecule has 3 aromatic rings. The highest BCUT2D eigenvalue weighted by molar-refractivity contribution is 7.99. The number of thiophene rings is 2. The zero-order chi connectivity index (χ0) is 17.2. The Balaban J connectivity index is 1.91. The molecule has 0 saturated carbocycles. The minimum Gasteiger partial charge on any atom is -0.298 e. The van der Waals surface area contributed by atoms with E-state index in [1.54, 1.807) is 22.7 Å². The first-order chi connectivity index (χ1) is 11.4. The molecule has 124 valence electrons. The van der Waals surface area contributed by atoms with Crippen LogP contribution in [0, 0.1) is 5.41 Å². The van der Waals surface area contributed by atoms with Crippen molar-refractivity contribution >= 4 is 40.2 Å². The van der Waals surface area contributed by atoms with Crippen LogP contribution in [0.3, 0.4) is 0 Å². The van der Waals surface area contributed by atoms with Crippen molar-refractivity contribution < 1.29 is 4.79 Å². The zero-order valence-corrected chi connectivity index (χ0v) is 16.1. The van der Waals surface area contributed by atoms with Crippen LogP contribution in [0.15, 0.2) is 38.8 Å². The third kappa shape index (κ3) is 3.91. The Kier molecular flexibility index (Phi) is 5.12. The van der Waals surface area contributed by atoms with Gasteiger partial charge in [0.05, 0.1) is 5.75 Å². The lowest BCUT2D eigenvalue weighted by Gasteiger charge is -2.15. The number of hydrogen-bond acceptors (Lipinski definition) is 7. The SMILES string of the molecule is CC(C)(C)C(=O)CSc1nnc(-c2ccsc2)c(-c2ccsc2)n1. The Hall–Kier alpha value is -1.57. The number of aromatic nitrogens is 3. The predicted molar refractivity (Wildman–Crippen MR) is 102 cm³/mol. The third-order valence-electron chi connectivity index (χ3n) is 3.43. The van der Waals surface area contributed by atoms with E-state index in [9.17, 15) is 4.79 Å². The maximum atomic E-state index is 12.1. The number of nitrogens with zero attached hydrogens (tertiary/aromatic N) is 3. The van der Waals surface area contributed by atoms with Gasteiger partial charge in [-0.3, -0.25) is 4.79 Å². The van der Waals surface area contributed by atoms with Gasteiger partial charge >= 0.3 is 0 Å². The molecule has 24 heavy (non-hydrogen) atoms. The largest absolute Gasteiger partial charge is 0.298 e. The van der Waals surface area contributed by atoms with Crippen molar-refractivity contribution in [3.05, 3.63) is 33.7 Å². The molecule has 3 aromatic heterocycles. The monoisotopic (exact) mass is 375 g/mol. The maximum absolute atomic E-state index is 12.1. The summed E-state index contributed by atoms with van der Waals surface area (Å²) in [6, 6.07) is 4.04. The van der Waals surface area contributed by atoms with Crippen LogP contribution >= 0.6 is 34.4 Å². The number of thioether (sulfide) groups is 1. The molecule has 0 aliphatic carbocycles. The van der Waals surface area contributed by atoms with Gasteiger partial charge in [-0.15, -0.1) is 10.2 Å². The van der Waals surface area contributed by atoms with Crippen molar-refractivity contribution in [2.24, 2.45) is 5.41 Å². The first-order valence-electron chi connectivity index (χ1n) is 7.41. The lowest BCUT2D eigenvalue weighted by molar-refractivity contribution is -0.123. The lowest BCUT2D eigenvalue weighted by Crippen LogP contribution is -2.22. The van der Waals surface area contributed by atoms with Crippen molar-refractivity contribution in [2.45, 2.75) is 25.9 Å². The van der Waals surface area contributed by atoms with Crippen molar-refractivity contribution in [1.82, 2.24) is 15.2 Å². The van der Waals surface area contributed by atoms with Crippen LogP contribution in [0.1, 0.15) is 20.8 Å². The van der Waals surface area contributed by atoms with Crippen LogP contribution in [0.2, 0.25) is 0 Å². The molecular weight excluding hydrogens is 358 g/mol. The maximum Gasteiger partial charge on any atom is 0.210 e. The van der Waals surface area contributed by atoms with Gasteiger partial charge in [0.15, 0.2) is 0 Å². The number of carbonyl (C=O) groups excluding carboxylic acids is 1. The van der Waals surface area contributed by atoms with E-state index in [0.717, 1.165) is 22.5 Å². The average molecular weight is 376 g/mol. The summed E-state index contributed by atoms with van der Waals surface area (Å²) >= 11 is 4.58. The smallest absolute Gasteiger partial charge is 0.210 e. The fraction of sp³-hybridized carbons (Fsp3) is 0.294. The normalized spacial score (nSPS) is 11.6. The molecule has 4 nitrogen and oxygen atoms in total. The van der Waals surface area contributed by atoms with Crippen LogP contribution in [-0.4, -0.2) is 26.7 Å². The second-order valence-electron chi connectivity index (χ2n) is 6.28. The van der Waals surface area contributed by atoms with Crippen molar-refractivity contribution in [3.63, 3.8) is 0 Å². The molecule has 0 saturated heterocycles. The van der Waals surface area contributed by atoms with Gasteiger partial charge in [0.1, 0.15) is 17.2 Å². The van der Waals surface area contributed by atoms with Crippen LogP contribution < -0.4 is 0 Å². The molecule has 0 unspecified atom stereocenters. The Morgan fingerprint density at radius 3 is 2.21 bits per heavy atom. The van der Waals surface area contributed by atoms with Crippen molar-refractivity contribution in [3.8, 4) is 22.5 Å². The zero-order valence-electron chi connectivity index (χ0n) is 13.6. The highest BCUT2D eigenvalue weighted by atomic mass is 32.2. The average Bonchev–Trinajstić information content (AvgIpc) is 3.24. The molecule has 7 heteroatoms. The van der Waals surface area contributed by atoms with E-state index in [1.165, 1.54) is 11.8 Å². The molecule has 0 radical (unpaired) electrons. The Bertz CT molecular complexity index is 821. The lowest BCUT2D eigenvalue weighted by atomic mass is 9.92. The first-order valence-corrected chi connectivity index (χ1v) is 10.3. The number of Topliss-reactive ketones (excluding diaryl/α,β-unsaturated/α-hetero) is 1. The molecule has 0 aliphatic rings. The molecule has 0 fully saturated rings. The number of carbonyl (C=O) groups is 1. The van der Waals surface area contributed by atoms with Gasteiger partial charge < -0.3 is 0 Å². The quantitative estimate of drug-likeness (QED) is 0.585. The summed E-state index contributed by atoms with van der Waals surface area (Å²) < 4.78 is 0. The van der Waals surface area contributed by atoms with Crippen LogP contribution in [0.5, 0.6) is 0 Å². The van der Waals surface area contributed by atoms with Crippen molar-refractivity contribution in [1.29, 1.82) is 0 Å². The van der Waals surface area contributed by atoms with Crippen molar-refractivity contribution in [2.75, 3.05) is 5.75 Å². The Morgan fingerprint density at radius 2 is 1.67 bits per heavy atom. The first kappa shape index (κ1) is 17.3. The van der Waals surface area contributed by atoms with E-state index in [-0.39, 0.29) is 11.2 Å². The second-order valence-corrected chi connectivity index (χ2v) is 8.78. The second kappa shape index (κ2) is 7.13. The van der Waals surface area contributed by atoms with Gasteiger partial charge in [-0.05, 0) is 22.9 Å². The van der Waals surface area contributed by atoms with Gasteiger partial charge in [0.25, 0.3) is 0 Å². The van der Waals surface area contributed by atoms with E-state index < -0.39 is 0 Å². The molecule has 0 aromatic carbocycles.